The maximum Gasteiger partial charge on any atom is 0.347 e. The van der Waals surface area contributed by atoms with Gasteiger partial charge in [-0.25, -0.2) is 4.79 Å². The Morgan fingerprint density at radius 1 is 1.12 bits per heavy atom. The summed E-state index contributed by atoms with van der Waals surface area (Å²) in [5, 5.41) is 11.3. The van der Waals surface area contributed by atoms with Gasteiger partial charge in [0.1, 0.15) is 5.75 Å². The van der Waals surface area contributed by atoms with Crippen LogP contribution in [-0.2, 0) is 20.7 Å². The van der Waals surface area contributed by atoms with Gasteiger partial charge in [0.05, 0.1) is 12.5 Å². The summed E-state index contributed by atoms with van der Waals surface area (Å²) in [6.07, 6.45) is -0.0306. The predicted molar refractivity (Wildman–Crippen MR) is 96.5 cm³/mol. The Morgan fingerprint density at radius 3 is 2.42 bits per heavy atom. The van der Waals surface area contributed by atoms with E-state index in [1.165, 1.54) is 0 Å². The van der Waals surface area contributed by atoms with E-state index in [9.17, 15) is 9.59 Å². The van der Waals surface area contributed by atoms with Crippen LogP contribution >= 0.6 is 0 Å². The number of esters is 1. The fourth-order valence-electron chi connectivity index (χ4n) is 2.19. The Kier molecular flexibility index (Phi) is 7.19. The van der Waals surface area contributed by atoms with Crippen LogP contribution in [0.15, 0.2) is 54.6 Å². The first-order valence-corrected chi connectivity index (χ1v) is 8.26. The van der Waals surface area contributed by atoms with E-state index in [4.69, 9.17) is 14.7 Å². The number of benzene rings is 2. The number of carbonyl (C=O) groups is 2. The summed E-state index contributed by atoms with van der Waals surface area (Å²) in [6, 6.07) is 17.9. The van der Waals surface area contributed by atoms with Crippen molar-refractivity contribution < 1.29 is 19.1 Å². The normalized spacial score (nSPS) is 11.1. The second-order valence-corrected chi connectivity index (χ2v) is 5.52. The molecule has 0 unspecified atom stereocenters. The number of anilines is 1. The molecule has 0 saturated carbocycles. The van der Waals surface area contributed by atoms with Gasteiger partial charge in [-0.3, -0.25) is 4.79 Å². The number of ether oxygens (including phenoxy) is 2. The van der Waals surface area contributed by atoms with Gasteiger partial charge in [0.25, 0.3) is 5.91 Å². The smallest absolute Gasteiger partial charge is 0.347 e. The number of nitrogens with one attached hydrogen (secondary N) is 1. The lowest BCUT2D eigenvalue weighted by atomic mass is 10.1. The minimum atomic E-state index is -0.768. The first-order chi connectivity index (χ1) is 12.6. The van der Waals surface area contributed by atoms with Crippen LogP contribution in [0.3, 0.4) is 0 Å². The zero-order valence-electron chi connectivity index (χ0n) is 14.5. The number of nitrogens with zero attached hydrogens (tertiary/aromatic N) is 1. The third kappa shape index (κ3) is 5.95. The van der Waals surface area contributed by atoms with Gasteiger partial charge in [-0.2, -0.15) is 5.26 Å². The summed E-state index contributed by atoms with van der Waals surface area (Å²) in [5.74, 6) is -0.463. The van der Waals surface area contributed by atoms with E-state index in [0.29, 0.717) is 24.3 Å². The number of rotatable bonds is 8. The number of amides is 1. The summed E-state index contributed by atoms with van der Waals surface area (Å²) in [6.45, 7) is 1.41. The van der Waals surface area contributed by atoms with Gasteiger partial charge < -0.3 is 14.8 Å². The zero-order valence-corrected chi connectivity index (χ0v) is 14.5. The van der Waals surface area contributed by atoms with E-state index >= 15 is 0 Å². The molecule has 26 heavy (non-hydrogen) atoms. The molecule has 134 valence electrons. The summed E-state index contributed by atoms with van der Waals surface area (Å²) >= 11 is 0. The molecule has 0 fully saturated rings. The van der Waals surface area contributed by atoms with Crippen molar-refractivity contribution in [1.29, 1.82) is 5.26 Å². The molecule has 0 heterocycles. The summed E-state index contributed by atoms with van der Waals surface area (Å²) in [4.78, 5) is 24.0. The average molecular weight is 352 g/mol. The molecular weight excluding hydrogens is 332 g/mol. The molecule has 2 aromatic carbocycles. The molecule has 0 spiro atoms. The number of carbonyl (C=O) groups excluding carboxylic acids is 2. The van der Waals surface area contributed by atoms with E-state index in [1.54, 1.807) is 43.3 Å². The third-order valence-electron chi connectivity index (χ3n) is 3.52. The van der Waals surface area contributed by atoms with E-state index in [1.807, 2.05) is 18.2 Å². The highest BCUT2D eigenvalue weighted by Gasteiger charge is 2.21. The standard InChI is InChI=1S/C20H20N2O4/c1-2-18(26-17-6-4-3-5-7-17)20(24)25-14-19(23)22-16-10-8-15(9-11-16)12-13-21/h3-11,18H,2,12,14H2,1H3,(H,22,23)/t18-/m1/s1. The highest BCUT2D eigenvalue weighted by molar-refractivity contribution is 5.93. The zero-order chi connectivity index (χ0) is 18.8. The van der Waals surface area contributed by atoms with Crippen molar-refractivity contribution in [2.75, 3.05) is 11.9 Å². The SMILES string of the molecule is CC[C@@H](Oc1ccccc1)C(=O)OCC(=O)Nc1ccc(CC#N)cc1. The number of nitriles is 1. The minimum Gasteiger partial charge on any atom is -0.479 e. The Balaban J connectivity index is 1.81. The molecule has 0 aliphatic rings. The first-order valence-electron chi connectivity index (χ1n) is 8.26. The molecule has 0 aromatic heterocycles. The molecule has 6 heteroatoms. The maximum absolute atomic E-state index is 12.1. The number of para-hydroxylation sites is 1. The van der Waals surface area contributed by atoms with Crippen LogP contribution in [0, 0.1) is 11.3 Å². The van der Waals surface area contributed by atoms with E-state index in [2.05, 4.69) is 11.4 Å². The molecule has 0 bridgehead atoms. The van der Waals surface area contributed by atoms with Gasteiger partial charge in [0.15, 0.2) is 12.7 Å². The van der Waals surface area contributed by atoms with Crippen LogP contribution in [0.25, 0.3) is 0 Å². The highest BCUT2D eigenvalue weighted by Crippen LogP contribution is 2.14. The molecule has 1 atom stereocenters. The van der Waals surface area contributed by atoms with Gasteiger partial charge in [-0.15, -0.1) is 0 Å². The molecular formula is C20H20N2O4. The van der Waals surface area contributed by atoms with Crippen LogP contribution in [0.4, 0.5) is 5.69 Å². The monoisotopic (exact) mass is 352 g/mol. The summed E-state index contributed by atoms with van der Waals surface area (Å²) < 4.78 is 10.6. The van der Waals surface area contributed by atoms with Crippen LogP contribution in [-0.4, -0.2) is 24.6 Å². The van der Waals surface area contributed by atoms with Crippen molar-refractivity contribution in [2.24, 2.45) is 0 Å². The lowest BCUT2D eigenvalue weighted by Gasteiger charge is -2.16. The van der Waals surface area contributed by atoms with E-state index in [0.717, 1.165) is 5.56 Å². The van der Waals surface area contributed by atoms with Crippen molar-refractivity contribution in [2.45, 2.75) is 25.9 Å². The van der Waals surface area contributed by atoms with Crippen molar-refractivity contribution in [1.82, 2.24) is 0 Å². The molecule has 6 nitrogen and oxygen atoms in total. The second kappa shape index (κ2) is 9.84. The summed E-state index contributed by atoms with van der Waals surface area (Å²) in [5.41, 5.74) is 1.43. The van der Waals surface area contributed by atoms with Crippen LogP contribution in [0.5, 0.6) is 5.75 Å². The molecule has 2 rings (SSSR count). The van der Waals surface area contributed by atoms with E-state index in [-0.39, 0.29) is 0 Å². The van der Waals surface area contributed by atoms with Gasteiger partial charge in [0.2, 0.25) is 0 Å². The van der Waals surface area contributed by atoms with Gasteiger partial charge in [-0.1, -0.05) is 37.3 Å². The number of hydrogen-bond donors (Lipinski definition) is 1. The van der Waals surface area contributed by atoms with Crippen molar-refractivity contribution in [3.8, 4) is 11.8 Å². The lowest BCUT2D eigenvalue weighted by molar-refractivity contribution is -0.154. The quantitative estimate of drug-likeness (QED) is 0.738. The Morgan fingerprint density at radius 2 is 1.81 bits per heavy atom. The first kappa shape index (κ1) is 19.0. The van der Waals surface area contributed by atoms with Gasteiger partial charge in [0, 0.05) is 5.69 Å². The molecule has 0 radical (unpaired) electrons. The minimum absolute atomic E-state index is 0.311. The van der Waals surface area contributed by atoms with Crippen molar-refractivity contribution in [3.63, 3.8) is 0 Å². The van der Waals surface area contributed by atoms with Crippen molar-refractivity contribution in [3.05, 3.63) is 60.2 Å². The molecule has 0 aliphatic heterocycles. The fourth-order valence-corrected chi connectivity index (χ4v) is 2.19. The second-order valence-electron chi connectivity index (χ2n) is 5.52. The molecule has 1 N–H and O–H groups in total. The largest absolute Gasteiger partial charge is 0.479 e. The highest BCUT2D eigenvalue weighted by atomic mass is 16.6. The predicted octanol–water partition coefficient (Wildman–Crippen LogP) is 3.09. The molecule has 1 amide bonds. The number of hydrogen-bond acceptors (Lipinski definition) is 5. The van der Waals surface area contributed by atoms with Crippen LogP contribution < -0.4 is 10.1 Å². The Hall–Kier alpha value is -3.33. The van der Waals surface area contributed by atoms with Gasteiger partial charge >= 0.3 is 5.97 Å². The topological polar surface area (TPSA) is 88.4 Å². The average Bonchev–Trinajstić information content (AvgIpc) is 2.67. The van der Waals surface area contributed by atoms with Crippen molar-refractivity contribution >= 4 is 17.6 Å². The maximum atomic E-state index is 12.1. The fraction of sp³-hybridized carbons (Fsp3) is 0.250. The summed E-state index contributed by atoms with van der Waals surface area (Å²) in [7, 11) is 0. The molecule has 2 aromatic rings. The Labute approximate surface area is 152 Å². The molecule has 0 aliphatic carbocycles. The van der Waals surface area contributed by atoms with Crippen LogP contribution in [0.1, 0.15) is 18.9 Å². The third-order valence-corrected chi connectivity index (χ3v) is 3.52. The Bertz CT molecular complexity index is 767. The lowest BCUT2D eigenvalue weighted by Crippen LogP contribution is -2.31. The molecule has 0 saturated heterocycles. The van der Waals surface area contributed by atoms with Gasteiger partial charge in [-0.05, 0) is 36.2 Å². The van der Waals surface area contributed by atoms with Crippen LogP contribution in [0.2, 0.25) is 0 Å². The van der Waals surface area contributed by atoms with E-state index < -0.39 is 24.6 Å².